The number of rotatable bonds is 6. The molecule has 9 nitrogen and oxygen atoms in total. The molecule has 1 atom stereocenters. The number of likely N-dealkylation sites (tertiary alicyclic amines) is 1. The van der Waals surface area contributed by atoms with Crippen LogP contribution in [-0.2, 0) is 29.0 Å². The van der Waals surface area contributed by atoms with Crippen molar-refractivity contribution in [2.45, 2.75) is 52.0 Å². The van der Waals surface area contributed by atoms with Crippen molar-refractivity contribution >= 4 is 17.6 Å². The van der Waals surface area contributed by atoms with E-state index in [1.54, 1.807) is 11.8 Å². The highest BCUT2D eigenvalue weighted by Gasteiger charge is 2.34. The van der Waals surface area contributed by atoms with Gasteiger partial charge in [-0.3, -0.25) is 14.5 Å². The molecule has 1 aromatic carbocycles. The maximum Gasteiger partial charge on any atom is 0.233 e. The molecule has 0 N–H and O–H groups in total. The number of fused-ring (bicyclic) bond motifs is 1. The lowest BCUT2D eigenvalue weighted by Crippen LogP contribution is -2.29. The molecule has 5 rings (SSSR count). The molecule has 3 aromatic rings. The number of aromatic nitrogens is 4. The maximum atomic E-state index is 12.7. The zero-order valence-electron chi connectivity index (χ0n) is 18.8. The van der Waals surface area contributed by atoms with Crippen LogP contribution in [0.1, 0.15) is 53.1 Å². The van der Waals surface area contributed by atoms with Gasteiger partial charge in [-0.25, -0.2) is 9.97 Å². The Kier molecular flexibility index (Phi) is 5.62. The lowest BCUT2D eigenvalue weighted by Gasteiger charge is -2.19. The van der Waals surface area contributed by atoms with Gasteiger partial charge >= 0.3 is 0 Å². The zero-order valence-corrected chi connectivity index (χ0v) is 18.8. The maximum absolute atomic E-state index is 12.7. The van der Waals surface area contributed by atoms with Crippen LogP contribution in [0.4, 0.5) is 5.82 Å². The monoisotopic (exact) mass is 446 g/mol. The highest BCUT2D eigenvalue weighted by Crippen LogP contribution is 2.33. The second-order valence-electron chi connectivity index (χ2n) is 8.67. The second kappa shape index (κ2) is 8.73. The fraction of sp³-hybridized carbons (Fsp3) is 0.417. The van der Waals surface area contributed by atoms with Crippen LogP contribution in [0.3, 0.4) is 0 Å². The van der Waals surface area contributed by atoms with Crippen molar-refractivity contribution in [3.63, 3.8) is 0 Å². The third kappa shape index (κ3) is 4.35. The smallest absolute Gasteiger partial charge is 0.233 e. The molecule has 0 aliphatic carbocycles. The van der Waals surface area contributed by atoms with Crippen LogP contribution in [0.15, 0.2) is 34.9 Å². The van der Waals surface area contributed by atoms with Crippen molar-refractivity contribution in [2.75, 3.05) is 18.0 Å². The Morgan fingerprint density at radius 2 is 1.97 bits per heavy atom. The number of anilines is 1. The largest absolute Gasteiger partial charge is 0.342 e. The van der Waals surface area contributed by atoms with E-state index < -0.39 is 0 Å². The van der Waals surface area contributed by atoms with Crippen molar-refractivity contribution in [3.05, 3.63) is 64.7 Å². The fourth-order valence-electron chi connectivity index (χ4n) is 4.52. The van der Waals surface area contributed by atoms with Crippen molar-refractivity contribution < 1.29 is 14.1 Å². The molecule has 1 fully saturated rings. The summed E-state index contributed by atoms with van der Waals surface area (Å²) in [6.45, 7) is 5.43. The van der Waals surface area contributed by atoms with Crippen molar-refractivity contribution in [2.24, 2.45) is 0 Å². The molecular formula is C24H26N6O3. The van der Waals surface area contributed by atoms with Gasteiger partial charge in [0.05, 0.1) is 13.0 Å². The fourth-order valence-corrected chi connectivity index (χ4v) is 4.52. The van der Waals surface area contributed by atoms with E-state index >= 15 is 0 Å². The molecule has 2 aromatic heterocycles. The average molecular weight is 447 g/mol. The van der Waals surface area contributed by atoms with Gasteiger partial charge in [-0.2, -0.15) is 4.98 Å². The molecule has 2 aliphatic heterocycles. The summed E-state index contributed by atoms with van der Waals surface area (Å²) >= 11 is 0. The molecule has 33 heavy (non-hydrogen) atoms. The van der Waals surface area contributed by atoms with Crippen molar-refractivity contribution in [1.29, 1.82) is 0 Å². The predicted molar refractivity (Wildman–Crippen MR) is 119 cm³/mol. The summed E-state index contributed by atoms with van der Waals surface area (Å²) in [6, 6.07) is 9.92. The summed E-state index contributed by atoms with van der Waals surface area (Å²) in [5.74, 6) is 2.64. The van der Waals surface area contributed by atoms with Gasteiger partial charge in [-0.1, -0.05) is 35.5 Å². The summed E-state index contributed by atoms with van der Waals surface area (Å²) in [5, 5.41) is 3.76. The van der Waals surface area contributed by atoms with Crippen LogP contribution in [0.25, 0.3) is 0 Å². The minimum atomic E-state index is 0.0443. The first-order chi connectivity index (χ1) is 16.0. The van der Waals surface area contributed by atoms with E-state index in [-0.39, 0.29) is 17.7 Å². The van der Waals surface area contributed by atoms with Gasteiger partial charge < -0.3 is 9.42 Å². The van der Waals surface area contributed by atoms with Crippen LogP contribution in [0, 0.1) is 13.8 Å². The highest BCUT2D eigenvalue weighted by atomic mass is 16.5. The van der Waals surface area contributed by atoms with E-state index in [0.717, 1.165) is 23.2 Å². The second-order valence-corrected chi connectivity index (χ2v) is 8.67. The van der Waals surface area contributed by atoms with Crippen LogP contribution >= 0.6 is 0 Å². The molecule has 0 bridgehead atoms. The lowest BCUT2D eigenvalue weighted by atomic mass is 10.1. The van der Waals surface area contributed by atoms with Crippen LogP contribution in [0.2, 0.25) is 0 Å². The Labute approximate surface area is 191 Å². The summed E-state index contributed by atoms with van der Waals surface area (Å²) in [5.41, 5.74) is 2.81. The number of carbonyl (C=O) groups is 2. The predicted octanol–water partition coefficient (Wildman–Crippen LogP) is 2.51. The third-order valence-corrected chi connectivity index (χ3v) is 6.31. The van der Waals surface area contributed by atoms with Gasteiger partial charge in [0.2, 0.25) is 17.7 Å². The lowest BCUT2D eigenvalue weighted by molar-refractivity contribution is -0.130. The van der Waals surface area contributed by atoms with E-state index in [0.29, 0.717) is 62.3 Å². The topological polar surface area (TPSA) is 105 Å². The SMILES string of the molecule is Cc1noc(CCC(=O)N2CCC(c3nc(C)c4c(n3)N(Cc3ccccc3)C(=O)C4)C2)n1. The molecule has 4 heterocycles. The number of carbonyl (C=O) groups excluding carboxylic acids is 2. The average Bonchev–Trinajstić information content (AvgIpc) is 3.53. The number of hydrogen-bond acceptors (Lipinski definition) is 7. The molecular weight excluding hydrogens is 420 g/mol. The molecule has 2 aliphatic rings. The van der Waals surface area contributed by atoms with Gasteiger partial charge in [0, 0.05) is 43.1 Å². The quantitative estimate of drug-likeness (QED) is 0.573. The Hall–Kier alpha value is -3.62. The number of nitrogens with zero attached hydrogens (tertiary/aromatic N) is 6. The first-order valence-corrected chi connectivity index (χ1v) is 11.3. The highest BCUT2D eigenvalue weighted by molar-refractivity contribution is 6.00. The molecule has 2 amide bonds. The van der Waals surface area contributed by atoms with E-state index in [9.17, 15) is 9.59 Å². The van der Waals surface area contributed by atoms with E-state index in [2.05, 4.69) is 10.1 Å². The molecule has 1 unspecified atom stereocenters. The summed E-state index contributed by atoms with van der Waals surface area (Å²) in [7, 11) is 0. The molecule has 170 valence electrons. The molecule has 0 saturated carbocycles. The molecule has 1 saturated heterocycles. The minimum Gasteiger partial charge on any atom is -0.342 e. The zero-order chi connectivity index (χ0) is 22.9. The van der Waals surface area contributed by atoms with Gasteiger partial charge in [-0.15, -0.1) is 0 Å². The van der Waals surface area contributed by atoms with Gasteiger partial charge in [0.1, 0.15) is 11.6 Å². The van der Waals surface area contributed by atoms with Crippen LogP contribution in [-0.4, -0.2) is 49.9 Å². The normalized spacial score (nSPS) is 17.6. The number of benzene rings is 1. The van der Waals surface area contributed by atoms with Crippen molar-refractivity contribution in [3.8, 4) is 0 Å². The summed E-state index contributed by atoms with van der Waals surface area (Å²) < 4.78 is 5.10. The Morgan fingerprint density at radius 3 is 2.73 bits per heavy atom. The number of aryl methyl sites for hydroxylation is 3. The molecule has 9 heteroatoms. The molecule has 0 radical (unpaired) electrons. The van der Waals surface area contributed by atoms with Crippen molar-refractivity contribution in [1.82, 2.24) is 25.0 Å². The summed E-state index contributed by atoms with van der Waals surface area (Å²) in [6.07, 6.45) is 1.90. The van der Waals surface area contributed by atoms with E-state index in [1.807, 2.05) is 42.2 Å². The van der Waals surface area contributed by atoms with E-state index in [4.69, 9.17) is 14.5 Å². The summed E-state index contributed by atoms with van der Waals surface area (Å²) in [4.78, 5) is 42.8. The first-order valence-electron chi connectivity index (χ1n) is 11.3. The van der Waals surface area contributed by atoms with E-state index in [1.165, 1.54) is 0 Å². The Morgan fingerprint density at radius 1 is 1.15 bits per heavy atom. The minimum absolute atomic E-state index is 0.0443. The van der Waals surface area contributed by atoms with Crippen LogP contribution in [0.5, 0.6) is 0 Å². The first kappa shape index (κ1) is 21.2. The van der Waals surface area contributed by atoms with Crippen LogP contribution < -0.4 is 4.90 Å². The standard InChI is InChI=1S/C24H26N6O3/c1-15-19-12-22(32)30(13-17-6-4-3-5-7-17)24(19)27-23(25-15)18-10-11-29(14-18)21(31)9-8-20-26-16(2)28-33-20/h3-7,18H,8-14H2,1-2H3. The molecule has 0 spiro atoms. The van der Waals surface area contributed by atoms with Gasteiger partial charge in [-0.05, 0) is 25.8 Å². The van der Waals surface area contributed by atoms with Gasteiger partial charge in [0.25, 0.3) is 0 Å². The number of amides is 2. The number of hydrogen-bond donors (Lipinski definition) is 0. The Bertz CT molecular complexity index is 1190. The van der Waals surface area contributed by atoms with Gasteiger partial charge in [0.15, 0.2) is 5.82 Å². The Balaban J connectivity index is 1.29. The third-order valence-electron chi connectivity index (χ3n) is 6.31.